The van der Waals surface area contributed by atoms with Gasteiger partial charge in [-0.15, -0.1) is 0 Å². The third-order valence-corrected chi connectivity index (χ3v) is 2.83. The maximum atomic E-state index is 12.8. The number of pyridine rings is 1. The summed E-state index contributed by atoms with van der Waals surface area (Å²) in [5.74, 6) is -0.956. The van der Waals surface area contributed by atoms with Crippen molar-refractivity contribution in [1.29, 1.82) is 0 Å². The molecule has 0 atom stereocenters. The van der Waals surface area contributed by atoms with Gasteiger partial charge in [0.1, 0.15) is 5.82 Å². The van der Waals surface area contributed by atoms with Gasteiger partial charge < -0.3 is 10.4 Å². The topological polar surface area (TPSA) is 62.2 Å². The molecule has 16 heavy (non-hydrogen) atoms. The van der Waals surface area contributed by atoms with E-state index in [4.69, 9.17) is 0 Å². The number of halogens is 1. The van der Waals surface area contributed by atoms with Crippen LogP contribution < -0.4 is 5.32 Å². The van der Waals surface area contributed by atoms with Crippen molar-refractivity contribution in [1.82, 2.24) is 10.3 Å². The van der Waals surface area contributed by atoms with Crippen LogP contribution in [0.15, 0.2) is 18.5 Å². The number of hydrogen-bond acceptors (Lipinski definition) is 3. The molecular weight excluding hydrogens is 211 g/mol. The SMILES string of the molecule is O=C(NCC1(O)CCC1)c1cncc(F)c1. The first-order valence-electron chi connectivity index (χ1n) is 5.20. The average molecular weight is 224 g/mol. The predicted molar refractivity (Wildman–Crippen MR) is 55.3 cm³/mol. The molecule has 2 rings (SSSR count). The third kappa shape index (κ3) is 2.36. The van der Waals surface area contributed by atoms with Crippen molar-refractivity contribution in [3.8, 4) is 0 Å². The Kier molecular flexibility index (Phi) is 2.87. The van der Waals surface area contributed by atoms with Crippen LogP contribution in [-0.4, -0.2) is 28.1 Å². The highest BCUT2D eigenvalue weighted by Gasteiger charge is 2.34. The Morgan fingerprint density at radius 1 is 1.56 bits per heavy atom. The van der Waals surface area contributed by atoms with Crippen molar-refractivity contribution >= 4 is 5.91 Å². The molecule has 0 spiro atoms. The van der Waals surface area contributed by atoms with Gasteiger partial charge in [0, 0.05) is 12.7 Å². The molecule has 0 radical (unpaired) electrons. The molecule has 0 aromatic carbocycles. The predicted octanol–water partition coefficient (Wildman–Crippen LogP) is 0.865. The van der Waals surface area contributed by atoms with Crippen molar-refractivity contribution in [2.24, 2.45) is 0 Å². The number of carbonyl (C=O) groups is 1. The summed E-state index contributed by atoms with van der Waals surface area (Å²) in [6.07, 6.45) is 4.72. The van der Waals surface area contributed by atoms with E-state index in [-0.39, 0.29) is 12.1 Å². The number of rotatable bonds is 3. The van der Waals surface area contributed by atoms with Gasteiger partial charge in [0.15, 0.2) is 0 Å². The fourth-order valence-electron chi connectivity index (χ4n) is 1.64. The number of carbonyl (C=O) groups excluding carboxylic acids is 1. The van der Waals surface area contributed by atoms with E-state index in [9.17, 15) is 14.3 Å². The van der Waals surface area contributed by atoms with Crippen molar-refractivity contribution < 1.29 is 14.3 Å². The molecule has 1 aliphatic carbocycles. The van der Waals surface area contributed by atoms with Gasteiger partial charge >= 0.3 is 0 Å². The molecule has 1 saturated carbocycles. The molecular formula is C11H13FN2O2. The van der Waals surface area contributed by atoms with E-state index >= 15 is 0 Å². The van der Waals surface area contributed by atoms with E-state index in [1.807, 2.05) is 0 Å². The quantitative estimate of drug-likeness (QED) is 0.800. The van der Waals surface area contributed by atoms with Crippen LogP contribution in [0, 0.1) is 5.82 Å². The van der Waals surface area contributed by atoms with Crippen molar-refractivity contribution in [3.63, 3.8) is 0 Å². The Morgan fingerprint density at radius 2 is 2.31 bits per heavy atom. The van der Waals surface area contributed by atoms with Crippen LogP contribution in [-0.2, 0) is 0 Å². The molecule has 1 amide bonds. The van der Waals surface area contributed by atoms with Crippen molar-refractivity contribution in [2.45, 2.75) is 24.9 Å². The molecule has 1 aromatic rings. The standard InChI is InChI=1S/C11H13FN2O2/c12-9-4-8(5-13-6-9)10(15)14-7-11(16)2-1-3-11/h4-6,16H,1-3,7H2,(H,14,15). The second-order valence-electron chi connectivity index (χ2n) is 4.15. The van der Waals surface area contributed by atoms with Crippen LogP contribution in [0.25, 0.3) is 0 Å². The van der Waals surface area contributed by atoms with Gasteiger partial charge in [0.25, 0.3) is 5.91 Å². The van der Waals surface area contributed by atoms with Gasteiger partial charge in [0.05, 0.1) is 17.4 Å². The summed E-state index contributed by atoms with van der Waals surface area (Å²) in [6, 6.07) is 1.12. The van der Waals surface area contributed by atoms with Crippen LogP contribution in [0.2, 0.25) is 0 Å². The summed E-state index contributed by atoms with van der Waals surface area (Å²) in [7, 11) is 0. The zero-order valence-electron chi connectivity index (χ0n) is 8.74. The maximum absolute atomic E-state index is 12.8. The van der Waals surface area contributed by atoms with Crippen LogP contribution in [0.5, 0.6) is 0 Å². The zero-order valence-corrected chi connectivity index (χ0v) is 8.74. The Hall–Kier alpha value is -1.49. The largest absolute Gasteiger partial charge is 0.388 e. The molecule has 5 heteroatoms. The summed E-state index contributed by atoms with van der Waals surface area (Å²) in [5, 5.41) is 12.3. The first-order valence-corrected chi connectivity index (χ1v) is 5.20. The Labute approximate surface area is 92.5 Å². The van der Waals surface area contributed by atoms with Crippen LogP contribution in [0.4, 0.5) is 4.39 Å². The number of nitrogens with zero attached hydrogens (tertiary/aromatic N) is 1. The van der Waals surface area contributed by atoms with Gasteiger partial charge in [-0.1, -0.05) is 0 Å². The van der Waals surface area contributed by atoms with E-state index in [1.54, 1.807) is 0 Å². The van der Waals surface area contributed by atoms with E-state index in [2.05, 4.69) is 10.3 Å². The van der Waals surface area contributed by atoms with E-state index in [0.29, 0.717) is 12.8 Å². The Bertz CT molecular complexity index is 405. The highest BCUT2D eigenvalue weighted by Crippen LogP contribution is 2.30. The van der Waals surface area contributed by atoms with Crippen LogP contribution in [0.3, 0.4) is 0 Å². The molecule has 1 aliphatic rings. The summed E-state index contributed by atoms with van der Waals surface area (Å²) in [5.41, 5.74) is -0.598. The molecule has 1 aromatic heterocycles. The lowest BCUT2D eigenvalue weighted by Crippen LogP contribution is -2.47. The minimum atomic E-state index is -0.767. The normalized spacial score (nSPS) is 17.6. The molecule has 86 valence electrons. The number of nitrogens with one attached hydrogen (secondary N) is 1. The number of aliphatic hydroxyl groups is 1. The highest BCUT2D eigenvalue weighted by molar-refractivity contribution is 5.93. The number of aromatic nitrogens is 1. The first-order chi connectivity index (χ1) is 7.59. The smallest absolute Gasteiger partial charge is 0.253 e. The van der Waals surface area contributed by atoms with Crippen LogP contribution >= 0.6 is 0 Å². The molecule has 1 heterocycles. The molecule has 4 nitrogen and oxygen atoms in total. The van der Waals surface area contributed by atoms with E-state index in [0.717, 1.165) is 18.7 Å². The minimum Gasteiger partial charge on any atom is -0.388 e. The first kappa shape index (κ1) is 11.0. The van der Waals surface area contributed by atoms with Crippen molar-refractivity contribution in [3.05, 3.63) is 29.8 Å². The van der Waals surface area contributed by atoms with Gasteiger partial charge in [-0.05, 0) is 25.3 Å². The van der Waals surface area contributed by atoms with E-state index in [1.165, 1.54) is 6.20 Å². The second-order valence-corrected chi connectivity index (χ2v) is 4.15. The fourth-order valence-corrected chi connectivity index (χ4v) is 1.64. The zero-order chi connectivity index (χ0) is 11.6. The van der Waals surface area contributed by atoms with Crippen molar-refractivity contribution in [2.75, 3.05) is 6.54 Å². The van der Waals surface area contributed by atoms with Gasteiger partial charge in [0.2, 0.25) is 0 Å². The lowest BCUT2D eigenvalue weighted by Gasteiger charge is -2.36. The Morgan fingerprint density at radius 3 is 2.88 bits per heavy atom. The molecule has 0 aliphatic heterocycles. The lowest BCUT2D eigenvalue weighted by molar-refractivity contribution is -0.0300. The number of hydrogen-bond donors (Lipinski definition) is 2. The molecule has 1 fully saturated rings. The second kappa shape index (κ2) is 4.17. The van der Waals surface area contributed by atoms with Crippen LogP contribution in [0.1, 0.15) is 29.6 Å². The summed E-state index contributed by atoms with van der Waals surface area (Å²) in [4.78, 5) is 15.1. The lowest BCUT2D eigenvalue weighted by atomic mass is 9.80. The van der Waals surface area contributed by atoms with Gasteiger partial charge in [-0.25, -0.2) is 4.39 Å². The maximum Gasteiger partial charge on any atom is 0.253 e. The fraction of sp³-hybridized carbons (Fsp3) is 0.455. The average Bonchev–Trinajstić information content (AvgIpc) is 2.23. The molecule has 0 saturated heterocycles. The minimum absolute atomic E-state index is 0.169. The molecule has 0 bridgehead atoms. The summed E-state index contributed by atoms with van der Waals surface area (Å²) < 4.78 is 12.8. The molecule has 0 unspecified atom stereocenters. The van der Waals surface area contributed by atoms with Gasteiger partial charge in [-0.3, -0.25) is 9.78 Å². The molecule has 2 N–H and O–H groups in total. The third-order valence-electron chi connectivity index (χ3n) is 2.83. The highest BCUT2D eigenvalue weighted by atomic mass is 19.1. The Balaban J connectivity index is 1.93. The van der Waals surface area contributed by atoms with E-state index < -0.39 is 17.3 Å². The van der Waals surface area contributed by atoms with Gasteiger partial charge in [-0.2, -0.15) is 0 Å². The summed E-state index contributed by atoms with van der Waals surface area (Å²) >= 11 is 0. The number of amides is 1. The monoisotopic (exact) mass is 224 g/mol. The summed E-state index contributed by atoms with van der Waals surface area (Å²) in [6.45, 7) is 0.211.